The van der Waals surface area contributed by atoms with Crippen molar-refractivity contribution in [3.63, 3.8) is 0 Å². The maximum Gasteiger partial charge on any atom is 0.294 e. The van der Waals surface area contributed by atoms with Gasteiger partial charge in [0.15, 0.2) is 0 Å². The van der Waals surface area contributed by atoms with E-state index in [4.69, 9.17) is 34.8 Å². The molecular weight excluding hydrogens is 332 g/mol. The summed E-state index contributed by atoms with van der Waals surface area (Å²) in [7, 11) is 0. The first kappa shape index (κ1) is 16.5. The first-order chi connectivity index (χ1) is 9.11. The van der Waals surface area contributed by atoms with E-state index in [1.165, 1.54) is 19.1 Å². The van der Waals surface area contributed by atoms with Gasteiger partial charge in [0.2, 0.25) is 5.91 Å². The van der Waals surface area contributed by atoms with E-state index in [-0.39, 0.29) is 11.4 Å². The lowest BCUT2D eigenvalue weighted by Gasteiger charge is -2.12. The number of anilines is 2. The van der Waals surface area contributed by atoms with Crippen molar-refractivity contribution in [3.8, 4) is 0 Å². The molecule has 10 heteroatoms. The number of halogens is 3. The SMILES string of the molecule is CC(=O)Nc1ccc(NC(=O)C(Cl)(Cl)Cl)cc1[N+](=O)[O-]. The van der Waals surface area contributed by atoms with Crippen molar-refractivity contribution in [2.45, 2.75) is 10.7 Å². The zero-order chi connectivity index (χ0) is 15.5. The second-order valence-corrected chi connectivity index (χ2v) is 5.90. The van der Waals surface area contributed by atoms with Crippen LogP contribution in [0.4, 0.5) is 17.1 Å². The molecule has 0 aromatic heterocycles. The standard InChI is InChI=1S/C10H8Cl3N3O4/c1-5(17)14-7-3-2-6(4-8(7)16(19)20)15-9(18)10(11,12)13/h2-4H,1H3,(H,14,17)(H,15,18). The largest absolute Gasteiger partial charge is 0.322 e. The summed E-state index contributed by atoms with van der Waals surface area (Å²) < 4.78 is -2.19. The van der Waals surface area contributed by atoms with Gasteiger partial charge in [-0.25, -0.2) is 0 Å². The third kappa shape index (κ3) is 4.52. The Bertz CT molecular complexity index is 571. The summed E-state index contributed by atoms with van der Waals surface area (Å²) in [6, 6.07) is 3.62. The first-order valence-corrected chi connectivity index (χ1v) is 6.19. The molecule has 1 rings (SSSR count). The highest BCUT2D eigenvalue weighted by Crippen LogP contribution is 2.31. The van der Waals surface area contributed by atoms with Gasteiger partial charge in [0.05, 0.1) is 4.92 Å². The molecule has 7 nitrogen and oxygen atoms in total. The molecule has 0 heterocycles. The fourth-order valence-corrected chi connectivity index (χ4v) is 1.40. The van der Waals surface area contributed by atoms with Gasteiger partial charge in [-0.3, -0.25) is 19.7 Å². The Balaban J connectivity index is 3.08. The first-order valence-electron chi connectivity index (χ1n) is 5.05. The van der Waals surface area contributed by atoms with Crippen LogP contribution in [-0.2, 0) is 9.59 Å². The number of hydrogen-bond donors (Lipinski definition) is 2. The Kier molecular flexibility index (Phi) is 5.15. The van der Waals surface area contributed by atoms with Crippen molar-refractivity contribution in [1.29, 1.82) is 0 Å². The molecular formula is C10H8Cl3N3O4. The number of rotatable bonds is 3. The lowest BCUT2D eigenvalue weighted by Crippen LogP contribution is -2.26. The van der Waals surface area contributed by atoms with Crippen LogP contribution < -0.4 is 10.6 Å². The smallest absolute Gasteiger partial charge is 0.294 e. The van der Waals surface area contributed by atoms with Crippen molar-refractivity contribution in [2.24, 2.45) is 0 Å². The van der Waals surface area contributed by atoms with Crippen LogP contribution in [0.3, 0.4) is 0 Å². The molecule has 0 fully saturated rings. The number of nitrogens with zero attached hydrogens (tertiary/aromatic N) is 1. The monoisotopic (exact) mass is 339 g/mol. The molecule has 0 atom stereocenters. The Morgan fingerprint density at radius 2 is 1.85 bits per heavy atom. The number of carbonyl (C=O) groups is 2. The summed E-state index contributed by atoms with van der Waals surface area (Å²) >= 11 is 16.1. The fourth-order valence-electron chi connectivity index (χ4n) is 1.26. The quantitative estimate of drug-likeness (QED) is 0.502. The van der Waals surface area contributed by atoms with Crippen molar-refractivity contribution in [2.75, 3.05) is 10.6 Å². The Morgan fingerprint density at radius 3 is 2.30 bits per heavy atom. The highest BCUT2D eigenvalue weighted by molar-refractivity contribution is 6.76. The van der Waals surface area contributed by atoms with Crippen molar-refractivity contribution >= 4 is 63.7 Å². The Hall–Kier alpha value is -1.57. The van der Waals surface area contributed by atoms with Gasteiger partial charge in [0, 0.05) is 18.7 Å². The minimum atomic E-state index is -2.19. The van der Waals surface area contributed by atoms with E-state index < -0.39 is 26.2 Å². The van der Waals surface area contributed by atoms with Gasteiger partial charge in [-0.05, 0) is 12.1 Å². The van der Waals surface area contributed by atoms with Crippen molar-refractivity contribution < 1.29 is 14.5 Å². The maximum atomic E-state index is 11.4. The van der Waals surface area contributed by atoms with Gasteiger partial charge < -0.3 is 10.6 Å². The van der Waals surface area contributed by atoms with Gasteiger partial charge >= 0.3 is 0 Å². The number of nitro benzene ring substituents is 1. The molecule has 1 aromatic carbocycles. The summed E-state index contributed by atoms with van der Waals surface area (Å²) in [5.74, 6) is -1.42. The van der Waals surface area contributed by atoms with E-state index in [0.717, 1.165) is 6.07 Å². The lowest BCUT2D eigenvalue weighted by atomic mass is 10.2. The summed E-state index contributed by atoms with van der Waals surface area (Å²) in [6.07, 6.45) is 0. The normalized spacial score (nSPS) is 10.8. The number of hydrogen-bond acceptors (Lipinski definition) is 4. The molecule has 0 spiro atoms. The molecule has 108 valence electrons. The summed E-state index contributed by atoms with van der Waals surface area (Å²) in [5, 5.41) is 15.4. The van der Waals surface area contributed by atoms with E-state index in [1.54, 1.807) is 0 Å². The average Bonchev–Trinajstić information content (AvgIpc) is 2.28. The van der Waals surface area contributed by atoms with Gasteiger partial charge in [-0.2, -0.15) is 0 Å². The predicted octanol–water partition coefficient (Wildman–Crippen LogP) is 2.86. The number of nitro groups is 1. The average molecular weight is 341 g/mol. The number of carbonyl (C=O) groups excluding carboxylic acids is 2. The lowest BCUT2D eigenvalue weighted by molar-refractivity contribution is -0.383. The van der Waals surface area contributed by atoms with Crippen LogP contribution in [0.15, 0.2) is 18.2 Å². The van der Waals surface area contributed by atoms with Crippen molar-refractivity contribution in [1.82, 2.24) is 0 Å². The summed E-state index contributed by atoms with van der Waals surface area (Å²) in [5.41, 5.74) is -0.348. The van der Waals surface area contributed by atoms with E-state index in [1.807, 2.05) is 0 Å². The Morgan fingerprint density at radius 1 is 1.25 bits per heavy atom. The fraction of sp³-hybridized carbons (Fsp3) is 0.200. The molecule has 2 amide bonds. The molecule has 0 saturated carbocycles. The predicted molar refractivity (Wildman–Crippen MR) is 76.3 cm³/mol. The van der Waals surface area contributed by atoms with Crippen LogP contribution >= 0.6 is 34.8 Å². The molecule has 20 heavy (non-hydrogen) atoms. The Labute approximate surface area is 128 Å². The molecule has 0 aliphatic rings. The van der Waals surface area contributed by atoms with Gasteiger partial charge in [-0.1, -0.05) is 34.8 Å². The zero-order valence-electron chi connectivity index (χ0n) is 9.95. The highest BCUT2D eigenvalue weighted by Gasteiger charge is 2.31. The van der Waals surface area contributed by atoms with Gasteiger partial charge in [-0.15, -0.1) is 0 Å². The second kappa shape index (κ2) is 6.25. The number of alkyl halides is 3. The zero-order valence-corrected chi connectivity index (χ0v) is 12.2. The third-order valence-corrected chi connectivity index (χ3v) is 2.54. The van der Waals surface area contributed by atoms with Crippen LogP contribution in [-0.4, -0.2) is 20.5 Å². The van der Waals surface area contributed by atoms with E-state index in [0.29, 0.717) is 0 Å². The molecule has 0 unspecified atom stereocenters. The van der Waals surface area contributed by atoms with E-state index in [2.05, 4.69) is 10.6 Å². The second-order valence-electron chi connectivity index (χ2n) is 3.62. The number of amides is 2. The van der Waals surface area contributed by atoms with Crippen LogP contribution in [0.2, 0.25) is 0 Å². The molecule has 0 aliphatic carbocycles. The maximum absolute atomic E-state index is 11.4. The number of benzene rings is 1. The third-order valence-electron chi connectivity index (χ3n) is 2.02. The topological polar surface area (TPSA) is 101 Å². The molecule has 0 saturated heterocycles. The van der Waals surface area contributed by atoms with Gasteiger partial charge in [0.25, 0.3) is 15.4 Å². The highest BCUT2D eigenvalue weighted by atomic mass is 35.6. The molecule has 0 aliphatic heterocycles. The molecule has 1 aromatic rings. The minimum absolute atomic E-state index is 0.00520. The summed E-state index contributed by atoms with van der Waals surface area (Å²) in [4.78, 5) is 32.5. The summed E-state index contributed by atoms with van der Waals surface area (Å²) in [6.45, 7) is 1.21. The number of nitrogens with one attached hydrogen (secondary N) is 2. The molecule has 0 radical (unpaired) electrons. The van der Waals surface area contributed by atoms with Crippen LogP contribution in [0.25, 0.3) is 0 Å². The van der Waals surface area contributed by atoms with Gasteiger partial charge in [0.1, 0.15) is 5.69 Å². The minimum Gasteiger partial charge on any atom is -0.322 e. The van der Waals surface area contributed by atoms with E-state index >= 15 is 0 Å². The van der Waals surface area contributed by atoms with E-state index in [9.17, 15) is 19.7 Å². The van der Waals surface area contributed by atoms with Crippen LogP contribution in [0.1, 0.15) is 6.92 Å². The van der Waals surface area contributed by atoms with Crippen LogP contribution in [0.5, 0.6) is 0 Å². The molecule has 0 bridgehead atoms. The van der Waals surface area contributed by atoms with Crippen molar-refractivity contribution in [3.05, 3.63) is 28.3 Å². The molecule has 2 N–H and O–H groups in total. The van der Waals surface area contributed by atoms with Crippen LogP contribution in [0, 0.1) is 10.1 Å².